The van der Waals surface area contributed by atoms with Crippen LogP contribution in [0.5, 0.6) is 11.5 Å². The van der Waals surface area contributed by atoms with Crippen LogP contribution in [0.25, 0.3) is 0 Å². The number of ether oxygens (including phenoxy) is 2. The second-order valence-corrected chi connectivity index (χ2v) is 6.86. The first-order chi connectivity index (χ1) is 10.8. The summed E-state index contributed by atoms with van der Waals surface area (Å²) >= 11 is 0. The number of halogens is 1. The maximum absolute atomic E-state index is 13.2. The zero-order valence-corrected chi connectivity index (χ0v) is 14.1. The highest BCUT2D eigenvalue weighted by Crippen LogP contribution is 2.33. The predicted octanol–water partition coefficient (Wildman–Crippen LogP) is 2.98. The van der Waals surface area contributed by atoms with Crippen molar-refractivity contribution in [3.63, 3.8) is 0 Å². The van der Waals surface area contributed by atoms with Gasteiger partial charge in [0, 0.05) is 13.1 Å². The van der Waals surface area contributed by atoms with Gasteiger partial charge in [0.2, 0.25) is 0 Å². The molecule has 124 valence electrons. The Morgan fingerprint density at radius 1 is 1.00 bits per heavy atom. The van der Waals surface area contributed by atoms with Crippen LogP contribution >= 0.6 is 0 Å². The fourth-order valence-corrected chi connectivity index (χ4v) is 3.60. The van der Waals surface area contributed by atoms with E-state index in [9.17, 15) is 12.8 Å². The topological polar surface area (TPSA) is 55.8 Å². The molecular formula is C16H18FNO4S. The molecule has 0 radical (unpaired) electrons. The predicted molar refractivity (Wildman–Crippen MR) is 86.3 cm³/mol. The van der Waals surface area contributed by atoms with E-state index in [2.05, 4.69) is 0 Å². The number of aryl methyl sites for hydroxylation is 1. The molecule has 0 spiro atoms. The lowest BCUT2D eigenvalue weighted by Crippen LogP contribution is -2.27. The first-order valence-electron chi connectivity index (χ1n) is 6.78. The van der Waals surface area contributed by atoms with E-state index >= 15 is 0 Å². The highest BCUT2D eigenvalue weighted by atomic mass is 32.2. The number of anilines is 1. The van der Waals surface area contributed by atoms with Crippen LogP contribution in [0.2, 0.25) is 0 Å². The zero-order chi connectivity index (χ0) is 17.2. The van der Waals surface area contributed by atoms with E-state index in [0.29, 0.717) is 22.7 Å². The Morgan fingerprint density at radius 3 is 2.22 bits per heavy atom. The molecule has 0 fully saturated rings. The first kappa shape index (κ1) is 17.1. The van der Waals surface area contributed by atoms with Crippen LogP contribution in [0, 0.1) is 12.7 Å². The highest BCUT2D eigenvalue weighted by molar-refractivity contribution is 7.92. The minimum absolute atomic E-state index is 0.0520. The number of sulfonamides is 1. The molecule has 2 aromatic rings. The molecule has 0 amide bonds. The molecule has 7 heteroatoms. The van der Waals surface area contributed by atoms with Gasteiger partial charge in [-0.2, -0.15) is 0 Å². The second-order valence-electron chi connectivity index (χ2n) is 4.92. The molecule has 0 aliphatic rings. The Morgan fingerprint density at radius 2 is 1.65 bits per heavy atom. The van der Waals surface area contributed by atoms with Gasteiger partial charge in [0.15, 0.2) is 11.5 Å². The van der Waals surface area contributed by atoms with Crippen LogP contribution in [-0.2, 0) is 10.0 Å². The molecule has 0 aliphatic heterocycles. The standard InChI is InChI=1S/C16H18FNO4S/c1-11-9-12(17)5-8-16(11)23(19,20)18(2)13-6-7-14(21-3)15(10-13)22-4/h5-10H,1-4H3. The van der Waals surface area contributed by atoms with Gasteiger partial charge >= 0.3 is 0 Å². The molecule has 0 heterocycles. The van der Waals surface area contributed by atoms with Crippen molar-refractivity contribution in [3.05, 3.63) is 47.8 Å². The van der Waals surface area contributed by atoms with Crippen molar-refractivity contribution >= 4 is 15.7 Å². The van der Waals surface area contributed by atoms with Crippen LogP contribution < -0.4 is 13.8 Å². The summed E-state index contributed by atoms with van der Waals surface area (Å²) in [6.45, 7) is 1.55. The van der Waals surface area contributed by atoms with Crippen LogP contribution in [0.3, 0.4) is 0 Å². The lowest BCUT2D eigenvalue weighted by Gasteiger charge is -2.21. The molecular weight excluding hydrogens is 321 g/mol. The lowest BCUT2D eigenvalue weighted by atomic mass is 10.2. The Labute approximate surface area is 135 Å². The average molecular weight is 339 g/mol. The minimum atomic E-state index is -3.81. The fourth-order valence-electron chi connectivity index (χ4n) is 2.21. The number of benzene rings is 2. The van der Waals surface area contributed by atoms with Crippen molar-refractivity contribution in [3.8, 4) is 11.5 Å². The van der Waals surface area contributed by atoms with Gasteiger partial charge in [-0.05, 0) is 42.8 Å². The van der Waals surface area contributed by atoms with Crippen molar-refractivity contribution in [2.75, 3.05) is 25.6 Å². The lowest BCUT2D eigenvalue weighted by molar-refractivity contribution is 0.355. The smallest absolute Gasteiger partial charge is 0.264 e. The third kappa shape index (κ3) is 3.24. The molecule has 0 atom stereocenters. The Bertz CT molecular complexity index is 821. The molecule has 0 unspecified atom stereocenters. The maximum Gasteiger partial charge on any atom is 0.264 e. The van der Waals surface area contributed by atoms with Crippen molar-refractivity contribution in [2.24, 2.45) is 0 Å². The van der Waals surface area contributed by atoms with Gasteiger partial charge in [0.25, 0.3) is 10.0 Å². The van der Waals surface area contributed by atoms with Crippen LogP contribution in [0.15, 0.2) is 41.3 Å². The summed E-state index contributed by atoms with van der Waals surface area (Å²) < 4.78 is 50.2. The van der Waals surface area contributed by atoms with E-state index in [1.807, 2.05) is 0 Å². The molecule has 0 aliphatic carbocycles. The number of hydrogen-bond donors (Lipinski definition) is 0. The summed E-state index contributed by atoms with van der Waals surface area (Å²) in [5, 5.41) is 0. The van der Waals surface area contributed by atoms with Gasteiger partial charge in [-0.1, -0.05) is 0 Å². The second kappa shape index (κ2) is 6.45. The van der Waals surface area contributed by atoms with Gasteiger partial charge in [-0.15, -0.1) is 0 Å². The SMILES string of the molecule is COc1ccc(N(C)S(=O)(=O)c2ccc(F)cc2C)cc1OC. The van der Waals surface area contributed by atoms with E-state index in [0.717, 1.165) is 10.4 Å². The van der Waals surface area contributed by atoms with Gasteiger partial charge < -0.3 is 9.47 Å². The largest absolute Gasteiger partial charge is 0.493 e. The monoisotopic (exact) mass is 339 g/mol. The van der Waals surface area contributed by atoms with Crippen LogP contribution in [0.1, 0.15) is 5.56 Å². The Kier molecular flexibility index (Phi) is 4.79. The Hall–Kier alpha value is -2.28. The molecule has 2 rings (SSSR count). The number of methoxy groups -OCH3 is 2. The normalized spacial score (nSPS) is 11.2. The molecule has 0 bridgehead atoms. The zero-order valence-electron chi connectivity index (χ0n) is 13.3. The molecule has 2 aromatic carbocycles. The van der Waals surface area contributed by atoms with Crippen molar-refractivity contribution in [1.82, 2.24) is 0 Å². The Balaban J connectivity index is 2.48. The summed E-state index contributed by atoms with van der Waals surface area (Å²) in [6.07, 6.45) is 0. The summed E-state index contributed by atoms with van der Waals surface area (Å²) in [6, 6.07) is 8.37. The van der Waals surface area contributed by atoms with Gasteiger partial charge in [-0.25, -0.2) is 12.8 Å². The summed E-state index contributed by atoms with van der Waals surface area (Å²) in [5.41, 5.74) is 0.753. The average Bonchev–Trinajstić information content (AvgIpc) is 2.53. The van der Waals surface area contributed by atoms with E-state index in [1.54, 1.807) is 25.1 Å². The van der Waals surface area contributed by atoms with Crippen molar-refractivity contribution in [1.29, 1.82) is 0 Å². The summed E-state index contributed by atoms with van der Waals surface area (Å²) in [4.78, 5) is 0.0520. The highest BCUT2D eigenvalue weighted by Gasteiger charge is 2.24. The maximum atomic E-state index is 13.2. The van der Waals surface area contributed by atoms with Gasteiger partial charge in [0.05, 0.1) is 24.8 Å². The molecule has 0 N–H and O–H groups in total. The minimum Gasteiger partial charge on any atom is -0.493 e. The number of nitrogens with zero attached hydrogens (tertiary/aromatic N) is 1. The molecule has 0 saturated heterocycles. The van der Waals surface area contributed by atoms with Gasteiger partial charge in [-0.3, -0.25) is 4.31 Å². The van der Waals surface area contributed by atoms with Crippen LogP contribution in [0.4, 0.5) is 10.1 Å². The van der Waals surface area contributed by atoms with E-state index in [1.165, 1.54) is 33.4 Å². The molecule has 0 aromatic heterocycles. The molecule has 23 heavy (non-hydrogen) atoms. The third-order valence-corrected chi connectivity index (χ3v) is 5.45. The number of hydrogen-bond acceptors (Lipinski definition) is 4. The van der Waals surface area contributed by atoms with E-state index in [-0.39, 0.29) is 4.90 Å². The third-order valence-electron chi connectivity index (χ3n) is 3.51. The van der Waals surface area contributed by atoms with Gasteiger partial charge in [0.1, 0.15) is 5.82 Å². The van der Waals surface area contributed by atoms with Crippen LogP contribution in [-0.4, -0.2) is 29.7 Å². The number of rotatable bonds is 5. The molecule has 0 saturated carbocycles. The van der Waals surface area contributed by atoms with Crippen molar-refractivity contribution in [2.45, 2.75) is 11.8 Å². The quantitative estimate of drug-likeness (QED) is 0.840. The van der Waals surface area contributed by atoms with E-state index < -0.39 is 15.8 Å². The first-order valence-corrected chi connectivity index (χ1v) is 8.22. The molecule has 5 nitrogen and oxygen atoms in total. The summed E-state index contributed by atoms with van der Waals surface area (Å²) in [7, 11) is 0.589. The summed E-state index contributed by atoms with van der Waals surface area (Å²) in [5.74, 6) is 0.443. The fraction of sp³-hybridized carbons (Fsp3) is 0.250. The van der Waals surface area contributed by atoms with Crippen molar-refractivity contribution < 1.29 is 22.3 Å². The van der Waals surface area contributed by atoms with E-state index in [4.69, 9.17) is 9.47 Å².